The quantitative estimate of drug-likeness (QED) is 0.603. The van der Waals surface area contributed by atoms with Gasteiger partial charge in [0.2, 0.25) is 0 Å². The van der Waals surface area contributed by atoms with Crippen LogP contribution in [0.1, 0.15) is 18.9 Å². The second-order valence-electron chi connectivity index (χ2n) is 4.45. The Morgan fingerprint density at radius 2 is 1.90 bits per heavy atom. The summed E-state index contributed by atoms with van der Waals surface area (Å²) in [5.74, 6) is 2.04. The lowest BCUT2D eigenvalue weighted by molar-refractivity contribution is 0.302. The van der Waals surface area contributed by atoms with Crippen LogP contribution in [0.25, 0.3) is 0 Å². The summed E-state index contributed by atoms with van der Waals surface area (Å²) in [5, 5.41) is 7.46. The molecule has 0 saturated carbocycles. The second-order valence-corrected chi connectivity index (χ2v) is 5.31. The van der Waals surface area contributed by atoms with Crippen molar-refractivity contribution in [2.24, 2.45) is 5.73 Å². The largest absolute Gasteiger partial charge is 0.490 e. The number of hydrogen-bond donors (Lipinski definition) is 2. The standard InChI is InChI=1S/C16H17BrN2O2/c1-2-9-20-14-5-3-4-6-15(14)21-11-7-8-12(16(18)19)13(17)10-11/h3-8,10H,2,9H2,1H3,(H3,18,19). The summed E-state index contributed by atoms with van der Waals surface area (Å²) in [6, 6.07) is 12.9. The lowest BCUT2D eigenvalue weighted by Gasteiger charge is -2.12. The predicted molar refractivity (Wildman–Crippen MR) is 87.5 cm³/mol. The lowest BCUT2D eigenvalue weighted by Crippen LogP contribution is -2.11. The van der Waals surface area contributed by atoms with Crippen molar-refractivity contribution in [3.05, 3.63) is 52.5 Å². The Balaban J connectivity index is 2.22. The Hall–Kier alpha value is -2.01. The van der Waals surface area contributed by atoms with Crippen LogP contribution in [0.15, 0.2) is 46.9 Å². The fourth-order valence-corrected chi connectivity index (χ4v) is 2.34. The number of nitrogens with two attached hydrogens (primary N) is 1. The van der Waals surface area contributed by atoms with Crippen molar-refractivity contribution in [2.45, 2.75) is 13.3 Å². The first-order valence-corrected chi connectivity index (χ1v) is 7.44. The van der Waals surface area contributed by atoms with E-state index in [1.807, 2.05) is 24.3 Å². The lowest BCUT2D eigenvalue weighted by atomic mass is 10.2. The molecule has 0 aliphatic rings. The molecule has 110 valence electrons. The highest BCUT2D eigenvalue weighted by atomic mass is 79.9. The summed E-state index contributed by atoms with van der Waals surface area (Å²) in [4.78, 5) is 0. The topological polar surface area (TPSA) is 68.3 Å². The number of halogens is 1. The number of para-hydroxylation sites is 2. The molecule has 4 nitrogen and oxygen atoms in total. The van der Waals surface area contributed by atoms with Gasteiger partial charge in [-0.05, 0) is 52.7 Å². The summed E-state index contributed by atoms with van der Waals surface area (Å²) >= 11 is 3.39. The predicted octanol–water partition coefficient (Wildman–Crippen LogP) is 4.31. The van der Waals surface area contributed by atoms with E-state index in [9.17, 15) is 0 Å². The van der Waals surface area contributed by atoms with E-state index in [0.29, 0.717) is 29.4 Å². The average molecular weight is 349 g/mol. The Labute approximate surface area is 132 Å². The monoisotopic (exact) mass is 348 g/mol. The van der Waals surface area contributed by atoms with E-state index in [1.165, 1.54) is 0 Å². The molecule has 0 unspecified atom stereocenters. The molecule has 0 aromatic heterocycles. The highest BCUT2D eigenvalue weighted by Gasteiger charge is 2.08. The van der Waals surface area contributed by atoms with Gasteiger partial charge in [-0.3, -0.25) is 5.41 Å². The normalized spacial score (nSPS) is 10.2. The van der Waals surface area contributed by atoms with Crippen molar-refractivity contribution in [3.63, 3.8) is 0 Å². The SMILES string of the molecule is CCCOc1ccccc1Oc1ccc(C(=N)N)c(Br)c1. The van der Waals surface area contributed by atoms with Crippen molar-refractivity contribution >= 4 is 21.8 Å². The molecule has 21 heavy (non-hydrogen) atoms. The zero-order chi connectivity index (χ0) is 15.2. The van der Waals surface area contributed by atoms with Gasteiger partial charge < -0.3 is 15.2 Å². The summed E-state index contributed by atoms with van der Waals surface area (Å²) in [6.07, 6.45) is 0.938. The maximum atomic E-state index is 7.46. The minimum atomic E-state index is 0.0140. The Bertz CT molecular complexity index is 644. The maximum Gasteiger partial charge on any atom is 0.169 e. The number of rotatable bonds is 6. The maximum absolute atomic E-state index is 7.46. The molecular weight excluding hydrogens is 332 g/mol. The van der Waals surface area contributed by atoms with Gasteiger partial charge in [-0.1, -0.05) is 19.1 Å². The third kappa shape index (κ3) is 3.98. The van der Waals surface area contributed by atoms with Crippen LogP contribution in [0.5, 0.6) is 17.2 Å². The fraction of sp³-hybridized carbons (Fsp3) is 0.188. The fourth-order valence-electron chi connectivity index (χ4n) is 1.77. The van der Waals surface area contributed by atoms with E-state index in [0.717, 1.165) is 10.9 Å². The Morgan fingerprint density at radius 3 is 2.52 bits per heavy atom. The van der Waals surface area contributed by atoms with Gasteiger partial charge >= 0.3 is 0 Å². The molecule has 0 heterocycles. The Morgan fingerprint density at radius 1 is 1.19 bits per heavy atom. The van der Waals surface area contributed by atoms with E-state index >= 15 is 0 Å². The van der Waals surface area contributed by atoms with Crippen LogP contribution in [0, 0.1) is 5.41 Å². The molecule has 3 N–H and O–H groups in total. The first-order valence-electron chi connectivity index (χ1n) is 6.65. The van der Waals surface area contributed by atoms with Crippen LogP contribution in [0.2, 0.25) is 0 Å². The van der Waals surface area contributed by atoms with Crippen LogP contribution in [-0.4, -0.2) is 12.4 Å². The number of nitrogens with one attached hydrogen (secondary N) is 1. The number of benzene rings is 2. The highest BCUT2D eigenvalue weighted by molar-refractivity contribution is 9.10. The molecular formula is C16H17BrN2O2. The number of hydrogen-bond acceptors (Lipinski definition) is 3. The number of ether oxygens (including phenoxy) is 2. The van der Waals surface area contributed by atoms with Gasteiger partial charge in [0.1, 0.15) is 11.6 Å². The molecule has 2 aromatic carbocycles. The molecule has 0 atom stereocenters. The van der Waals surface area contributed by atoms with Crippen LogP contribution < -0.4 is 15.2 Å². The second kappa shape index (κ2) is 7.13. The van der Waals surface area contributed by atoms with Crippen LogP contribution in [0.4, 0.5) is 0 Å². The van der Waals surface area contributed by atoms with Crippen molar-refractivity contribution in [1.29, 1.82) is 5.41 Å². The van der Waals surface area contributed by atoms with Gasteiger partial charge in [-0.25, -0.2) is 0 Å². The molecule has 0 aliphatic heterocycles. The van der Waals surface area contributed by atoms with Crippen molar-refractivity contribution in [1.82, 2.24) is 0 Å². The summed E-state index contributed by atoms with van der Waals surface area (Å²) < 4.78 is 12.2. The summed E-state index contributed by atoms with van der Waals surface area (Å²) in [6.45, 7) is 2.70. The molecule has 5 heteroatoms. The van der Waals surface area contributed by atoms with Gasteiger partial charge in [0.25, 0.3) is 0 Å². The van der Waals surface area contributed by atoms with Gasteiger partial charge in [-0.15, -0.1) is 0 Å². The average Bonchev–Trinajstić information content (AvgIpc) is 2.46. The van der Waals surface area contributed by atoms with Crippen molar-refractivity contribution < 1.29 is 9.47 Å². The van der Waals surface area contributed by atoms with E-state index in [1.54, 1.807) is 18.2 Å². The Kier molecular flexibility index (Phi) is 5.22. The third-order valence-corrected chi connectivity index (χ3v) is 3.43. The third-order valence-electron chi connectivity index (χ3n) is 2.77. The summed E-state index contributed by atoms with van der Waals surface area (Å²) in [7, 11) is 0. The summed E-state index contributed by atoms with van der Waals surface area (Å²) in [5.41, 5.74) is 6.13. The van der Waals surface area contributed by atoms with Crippen LogP contribution in [0.3, 0.4) is 0 Å². The van der Waals surface area contributed by atoms with E-state index < -0.39 is 0 Å². The molecule has 0 radical (unpaired) electrons. The minimum absolute atomic E-state index is 0.0140. The van der Waals surface area contributed by atoms with Crippen LogP contribution in [-0.2, 0) is 0 Å². The molecule has 0 saturated heterocycles. The first kappa shape index (κ1) is 15.4. The molecule has 0 bridgehead atoms. The first-order chi connectivity index (χ1) is 10.1. The molecule has 0 aliphatic carbocycles. The van der Waals surface area contributed by atoms with Crippen LogP contribution >= 0.6 is 15.9 Å². The highest BCUT2D eigenvalue weighted by Crippen LogP contribution is 2.33. The molecule has 0 amide bonds. The number of amidine groups is 1. The molecule has 0 spiro atoms. The minimum Gasteiger partial charge on any atom is -0.490 e. The van der Waals surface area contributed by atoms with Crippen molar-refractivity contribution in [3.8, 4) is 17.2 Å². The smallest absolute Gasteiger partial charge is 0.169 e. The number of nitrogen functional groups attached to an aromatic ring is 1. The van der Waals surface area contributed by atoms with Crippen molar-refractivity contribution in [2.75, 3.05) is 6.61 Å². The van der Waals surface area contributed by atoms with Gasteiger partial charge in [0, 0.05) is 10.0 Å². The molecule has 0 fully saturated rings. The van der Waals surface area contributed by atoms with E-state index in [4.69, 9.17) is 20.6 Å². The molecule has 2 aromatic rings. The molecule has 2 rings (SSSR count). The van der Waals surface area contributed by atoms with Gasteiger partial charge in [0.05, 0.1) is 6.61 Å². The zero-order valence-corrected chi connectivity index (χ0v) is 13.3. The van der Waals surface area contributed by atoms with E-state index in [-0.39, 0.29) is 5.84 Å². The zero-order valence-electron chi connectivity index (χ0n) is 11.7. The van der Waals surface area contributed by atoms with Gasteiger partial charge in [-0.2, -0.15) is 0 Å². The van der Waals surface area contributed by atoms with E-state index in [2.05, 4.69) is 22.9 Å². The van der Waals surface area contributed by atoms with Gasteiger partial charge in [0.15, 0.2) is 11.5 Å².